The van der Waals surface area contributed by atoms with E-state index in [0.29, 0.717) is 30.0 Å². The lowest BCUT2D eigenvalue weighted by Crippen LogP contribution is -2.40. The van der Waals surface area contributed by atoms with Crippen molar-refractivity contribution in [2.75, 3.05) is 19.6 Å². The third-order valence-corrected chi connectivity index (χ3v) is 7.20. The summed E-state index contributed by atoms with van der Waals surface area (Å²) in [5.74, 6) is 0.835. The Morgan fingerprint density at radius 1 is 1.29 bits per heavy atom. The van der Waals surface area contributed by atoms with Crippen LogP contribution in [0.2, 0.25) is 0 Å². The maximum absolute atomic E-state index is 13.1. The summed E-state index contributed by atoms with van der Waals surface area (Å²) >= 11 is 1.66. The Bertz CT molecular complexity index is 1070. The molecule has 162 valence electrons. The van der Waals surface area contributed by atoms with Gasteiger partial charge in [-0.2, -0.15) is 5.10 Å². The Balaban J connectivity index is 1.42. The predicted octanol–water partition coefficient (Wildman–Crippen LogP) is 3.79. The van der Waals surface area contributed by atoms with Crippen molar-refractivity contribution in [3.05, 3.63) is 46.7 Å². The van der Waals surface area contributed by atoms with E-state index in [4.69, 9.17) is 4.98 Å². The van der Waals surface area contributed by atoms with Crippen molar-refractivity contribution in [3.63, 3.8) is 0 Å². The molecule has 1 saturated heterocycles. The van der Waals surface area contributed by atoms with Gasteiger partial charge in [-0.3, -0.25) is 9.69 Å². The molecule has 4 heterocycles. The molecule has 2 aliphatic rings. The molecule has 1 aliphatic carbocycles. The van der Waals surface area contributed by atoms with E-state index in [-0.39, 0.29) is 5.91 Å². The van der Waals surface area contributed by atoms with Crippen molar-refractivity contribution in [3.8, 4) is 16.5 Å². The third kappa shape index (κ3) is 4.02. The Morgan fingerprint density at radius 3 is 2.90 bits per heavy atom. The van der Waals surface area contributed by atoms with Crippen LogP contribution in [0.25, 0.3) is 16.5 Å². The van der Waals surface area contributed by atoms with Crippen molar-refractivity contribution in [1.29, 1.82) is 0 Å². The predicted molar refractivity (Wildman–Crippen MR) is 122 cm³/mol. The van der Waals surface area contributed by atoms with Crippen LogP contribution < -0.4 is 5.32 Å². The van der Waals surface area contributed by atoms with E-state index in [1.165, 1.54) is 6.42 Å². The van der Waals surface area contributed by atoms with Crippen LogP contribution in [0, 0.1) is 6.92 Å². The van der Waals surface area contributed by atoms with Crippen LogP contribution in [0.5, 0.6) is 0 Å². The number of hydrogen-bond acceptors (Lipinski definition) is 6. The highest BCUT2D eigenvalue weighted by Crippen LogP contribution is 2.42. The summed E-state index contributed by atoms with van der Waals surface area (Å²) in [6, 6.07) is 4.52. The standard InChI is InChI=1S/C23H28N6OS/c1-3-28-10-4-6-17(28)13-24-22(30)18-14-26-29(21(18)16-8-9-16)23-25-12-15(2)20(27-23)19-7-5-11-31-19/h5,7,11-12,14,16-17H,3-4,6,8-10,13H2,1-2H3,(H,24,30). The van der Waals surface area contributed by atoms with E-state index in [2.05, 4.69) is 33.3 Å². The zero-order valence-corrected chi connectivity index (χ0v) is 18.9. The van der Waals surface area contributed by atoms with Crippen molar-refractivity contribution in [1.82, 2.24) is 30.0 Å². The monoisotopic (exact) mass is 436 g/mol. The summed E-state index contributed by atoms with van der Waals surface area (Å²) in [4.78, 5) is 26.0. The largest absolute Gasteiger partial charge is 0.350 e. The summed E-state index contributed by atoms with van der Waals surface area (Å²) in [6.07, 6.45) is 8.02. The minimum Gasteiger partial charge on any atom is -0.350 e. The van der Waals surface area contributed by atoms with Crippen LogP contribution in [-0.4, -0.2) is 56.2 Å². The first kappa shape index (κ1) is 20.3. The second kappa shape index (κ2) is 8.51. The van der Waals surface area contributed by atoms with Gasteiger partial charge >= 0.3 is 0 Å². The minimum atomic E-state index is -0.0401. The number of likely N-dealkylation sites (N-methyl/N-ethyl adjacent to an activating group) is 1. The van der Waals surface area contributed by atoms with Crippen LogP contribution in [-0.2, 0) is 0 Å². The van der Waals surface area contributed by atoms with Gasteiger partial charge in [0.1, 0.15) is 0 Å². The number of likely N-dealkylation sites (tertiary alicyclic amines) is 1. The lowest BCUT2D eigenvalue weighted by atomic mass is 10.1. The molecule has 0 bridgehead atoms. The molecule has 1 aliphatic heterocycles. The number of carbonyl (C=O) groups is 1. The van der Waals surface area contributed by atoms with E-state index in [1.807, 2.05) is 24.6 Å². The normalized spacial score (nSPS) is 19.1. The van der Waals surface area contributed by atoms with Crippen LogP contribution in [0.3, 0.4) is 0 Å². The molecule has 3 aromatic heterocycles. The Labute approximate surface area is 186 Å². The fourth-order valence-corrected chi connectivity index (χ4v) is 5.27. The lowest BCUT2D eigenvalue weighted by molar-refractivity contribution is 0.0940. The second-order valence-corrected chi connectivity index (χ2v) is 9.39. The van der Waals surface area contributed by atoms with Crippen molar-refractivity contribution < 1.29 is 4.79 Å². The zero-order chi connectivity index (χ0) is 21.4. The van der Waals surface area contributed by atoms with Gasteiger partial charge < -0.3 is 5.32 Å². The van der Waals surface area contributed by atoms with Crippen molar-refractivity contribution in [2.45, 2.75) is 51.5 Å². The van der Waals surface area contributed by atoms with E-state index in [1.54, 1.807) is 22.2 Å². The molecule has 0 spiro atoms. The second-order valence-electron chi connectivity index (χ2n) is 8.44. The Morgan fingerprint density at radius 2 is 2.16 bits per heavy atom. The number of aryl methyl sites for hydroxylation is 1. The van der Waals surface area contributed by atoms with Gasteiger partial charge in [0.25, 0.3) is 11.9 Å². The summed E-state index contributed by atoms with van der Waals surface area (Å²) < 4.78 is 1.77. The summed E-state index contributed by atoms with van der Waals surface area (Å²) in [6.45, 7) is 7.04. The Kier molecular flexibility index (Phi) is 5.58. The molecule has 5 rings (SSSR count). The molecule has 0 aromatic carbocycles. The fraction of sp³-hybridized carbons (Fsp3) is 0.478. The van der Waals surface area contributed by atoms with Crippen LogP contribution in [0.15, 0.2) is 29.9 Å². The number of nitrogens with zero attached hydrogens (tertiary/aromatic N) is 5. The molecular formula is C23H28N6OS. The van der Waals surface area contributed by atoms with Gasteiger partial charge in [0.2, 0.25) is 0 Å². The van der Waals surface area contributed by atoms with Crippen molar-refractivity contribution >= 4 is 17.2 Å². The first-order valence-corrected chi connectivity index (χ1v) is 12.0. The van der Waals surface area contributed by atoms with Gasteiger partial charge in [-0.05, 0) is 62.7 Å². The first-order chi connectivity index (χ1) is 15.2. The van der Waals surface area contributed by atoms with Gasteiger partial charge in [-0.25, -0.2) is 14.6 Å². The number of nitrogens with one attached hydrogen (secondary N) is 1. The quantitative estimate of drug-likeness (QED) is 0.610. The molecule has 7 nitrogen and oxygen atoms in total. The van der Waals surface area contributed by atoms with Crippen molar-refractivity contribution in [2.24, 2.45) is 0 Å². The topological polar surface area (TPSA) is 75.9 Å². The zero-order valence-electron chi connectivity index (χ0n) is 18.0. The average Bonchev–Trinajstić information content (AvgIpc) is 3.19. The third-order valence-electron chi connectivity index (χ3n) is 6.32. The van der Waals surface area contributed by atoms with Crippen LogP contribution in [0.1, 0.15) is 60.1 Å². The molecule has 8 heteroatoms. The van der Waals surface area contributed by atoms with E-state index in [9.17, 15) is 4.79 Å². The smallest absolute Gasteiger partial charge is 0.254 e. The lowest BCUT2D eigenvalue weighted by Gasteiger charge is -2.22. The molecule has 1 saturated carbocycles. The summed E-state index contributed by atoms with van der Waals surface area (Å²) in [5.41, 5.74) is 3.55. The maximum atomic E-state index is 13.1. The highest BCUT2D eigenvalue weighted by atomic mass is 32.1. The minimum absolute atomic E-state index is 0.0401. The van der Waals surface area contributed by atoms with Gasteiger partial charge in [-0.15, -0.1) is 11.3 Å². The van der Waals surface area contributed by atoms with Crippen LogP contribution in [0.4, 0.5) is 0 Å². The van der Waals surface area contributed by atoms with E-state index in [0.717, 1.165) is 54.2 Å². The fourth-order valence-electron chi connectivity index (χ4n) is 4.49. The SMILES string of the molecule is CCN1CCCC1CNC(=O)c1cnn(-c2ncc(C)c(-c3cccs3)n2)c1C1CC1. The van der Waals surface area contributed by atoms with E-state index >= 15 is 0 Å². The number of thiophene rings is 1. The molecule has 1 unspecified atom stereocenters. The Hall–Kier alpha value is -2.58. The number of hydrogen-bond donors (Lipinski definition) is 1. The number of rotatable bonds is 7. The highest BCUT2D eigenvalue weighted by molar-refractivity contribution is 7.13. The van der Waals surface area contributed by atoms with Gasteiger partial charge in [0.05, 0.1) is 28.0 Å². The average molecular weight is 437 g/mol. The molecule has 0 radical (unpaired) electrons. The molecule has 31 heavy (non-hydrogen) atoms. The maximum Gasteiger partial charge on any atom is 0.254 e. The number of carbonyl (C=O) groups excluding carboxylic acids is 1. The van der Waals surface area contributed by atoms with E-state index < -0.39 is 0 Å². The first-order valence-electron chi connectivity index (χ1n) is 11.1. The highest BCUT2D eigenvalue weighted by Gasteiger charge is 2.34. The molecule has 1 amide bonds. The summed E-state index contributed by atoms with van der Waals surface area (Å²) in [7, 11) is 0. The summed E-state index contributed by atoms with van der Waals surface area (Å²) in [5, 5.41) is 9.77. The number of aromatic nitrogens is 4. The molecule has 3 aromatic rings. The molecule has 2 fully saturated rings. The van der Waals surface area contributed by atoms with Gasteiger partial charge in [0.15, 0.2) is 0 Å². The molecular weight excluding hydrogens is 408 g/mol. The molecule has 1 N–H and O–H groups in total. The molecule has 1 atom stereocenters. The number of amides is 1. The van der Waals surface area contributed by atoms with Gasteiger partial charge in [-0.1, -0.05) is 13.0 Å². The van der Waals surface area contributed by atoms with Gasteiger partial charge in [0, 0.05) is 24.7 Å². The van der Waals surface area contributed by atoms with Crippen LogP contribution >= 0.6 is 11.3 Å².